The Balaban J connectivity index is 1.72. The summed E-state index contributed by atoms with van der Waals surface area (Å²) in [6.07, 6.45) is 0.369. The highest BCUT2D eigenvalue weighted by atomic mass is 16.5. The molecule has 0 aliphatic rings. The van der Waals surface area contributed by atoms with E-state index in [-0.39, 0.29) is 17.5 Å². The number of aryl methyl sites for hydroxylation is 3. The molecule has 0 fully saturated rings. The van der Waals surface area contributed by atoms with Crippen molar-refractivity contribution in [2.75, 3.05) is 10.6 Å². The maximum atomic E-state index is 13.2. The van der Waals surface area contributed by atoms with Gasteiger partial charge >= 0.3 is 0 Å². The van der Waals surface area contributed by atoms with E-state index in [0.717, 1.165) is 11.3 Å². The molecule has 0 atom stereocenters. The van der Waals surface area contributed by atoms with Crippen LogP contribution in [-0.4, -0.2) is 22.0 Å². The Kier molecular flexibility index (Phi) is 5.29. The minimum Gasteiger partial charge on any atom is -0.466 e. The molecule has 158 valence electrons. The van der Waals surface area contributed by atoms with E-state index in [1.54, 1.807) is 44.2 Å². The first-order valence-corrected chi connectivity index (χ1v) is 9.91. The number of carbonyl (C=O) groups excluding carboxylic acids is 2. The van der Waals surface area contributed by atoms with Crippen molar-refractivity contribution in [1.29, 1.82) is 0 Å². The molecular formula is C23H22N4O4. The van der Waals surface area contributed by atoms with Crippen LogP contribution in [0.1, 0.15) is 40.9 Å². The Bertz CT molecular complexity index is 1300. The van der Waals surface area contributed by atoms with Crippen molar-refractivity contribution in [1.82, 2.24) is 10.1 Å². The lowest BCUT2D eigenvalue weighted by molar-refractivity contribution is -0.115. The molecule has 2 N–H and O–H groups in total. The van der Waals surface area contributed by atoms with Crippen LogP contribution in [0.5, 0.6) is 0 Å². The zero-order valence-corrected chi connectivity index (χ0v) is 17.7. The number of fused-ring (bicyclic) bond motifs is 1. The molecule has 0 spiro atoms. The molecule has 3 heterocycles. The van der Waals surface area contributed by atoms with Crippen LogP contribution in [0.2, 0.25) is 0 Å². The third kappa shape index (κ3) is 4.05. The summed E-state index contributed by atoms with van der Waals surface area (Å²) < 4.78 is 11.0. The highest BCUT2D eigenvalue weighted by Crippen LogP contribution is 2.31. The van der Waals surface area contributed by atoms with E-state index in [2.05, 4.69) is 20.8 Å². The molecule has 4 aromatic rings. The summed E-state index contributed by atoms with van der Waals surface area (Å²) in [5.74, 6) is 1.01. The third-order valence-corrected chi connectivity index (χ3v) is 4.90. The quantitative estimate of drug-likeness (QED) is 0.471. The molecule has 4 rings (SSSR count). The van der Waals surface area contributed by atoms with Gasteiger partial charge in [0, 0.05) is 23.4 Å². The second kappa shape index (κ2) is 8.06. The van der Waals surface area contributed by atoms with Crippen molar-refractivity contribution < 1.29 is 18.5 Å². The van der Waals surface area contributed by atoms with Gasteiger partial charge in [-0.05, 0) is 51.1 Å². The van der Waals surface area contributed by atoms with E-state index in [0.29, 0.717) is 45.9 Å². The average Bonchev–Trinajstić information content (AvgIpc) is 3.28. The summed E-state index contributed by atoms with van der Waals surface area (Å²) in [6.45, 7) is 7.23. The Morgan fingerprint density at radius 3 is 2.45 bits per heavy atom. The first kappa shape index (κ1) is 20.3. The van der Waals surface area contributed by atoms with Crippen molar-refractivity contribution in [3.8, 4) is 11.3 Å². The first-order chi connectivity index (χ1) is 14.9. The highest BCUT2D eigenvalue weighted by Gasteiger charge is 2.21. The number of nitrogens with zero attached hydrogens (tertiary/aromatic N) is 2. The molecule has 8 heteroatoms. The lowest BCUT2D eigenvalue weighted by Gasteiger charge is -2.10. The number of benzene rings is 1. The summed E-state index contributed by atoms with van der Waals surface area (Å²) in [6, 6.07) is 10.6. The molecule has 0 radical (unpaired) electrons. The predicted molar refractivity (Wildman–Crippen MR) is 117 cm³/mol. The Morgan fingerprint density at radius 2 is 1.77 bits per heavy atom. The molecule has 0 aliphatic carbocycles. The van der Waals surface area contributed by atoms with Crippen LogP contribution >= 0.6 is 0 Å². The van der Waals surface area contributed by atoms with E-state index in [1.165, 1.54) is 0 Å². The Labute approximate surface area is 178 Å². The number of hydrogen-bond acceptors (Lipinski definition) is 6. The van der Waals surface area contributed by atoms with Gasteiger partial charge in [-0.25, -0.2) is 4.98 Å². The van der Waals surface area contributed by atoms with Crippen LogP contribution in [0.4, 0.5) is 11.4 Å². The maximum Gasteiger partial charge on any atom is 0.259 e. The van der Waals surface area contributed by atoms with Gasteiger partial charge in [-0.15, -0.1) is 0 Å². The number of nitrogens with one attached hydrogen (secondary N) is 2. The Hall–Kier alpha value is -3.94. The zero-order chi connectivity index (χ0) is 22.1. The largest absolute Gasteiger partial charge is 0.466 e. The topological polar surface area (TPSA) is 110 Å². The summed E-state index contributed by atoms with van der Waals surface area (Å²) in [5.41, 5.74) is 3.75. The van der Waals surface area contributed by atoms with Gasteiger partial charge in [-0.1, -0.05) is 18.1 Å². The SMILES string of the molecule is CCC(=O)Nc1cccc(NC(=O)c2cc(-c3cc(C)oc3C)nc3onc(C)c23)c1. The molecule has 8 nitrogen and oxygen atoms in total. The number of hydrogen-bond donors (Lipinski definition) is 2. The summed E-state index contributed by atoms with van der Waals surface area (Å²) in [4.78, 5) is 29.4. The molecule has 0 saturated heterocycles. The van der Waals surface area contributed by atoms with Crippen molar-refractivity contribution >= 4 is 34.3 Å². The van der Waals surface area contributed by atoms with Gasteiger partial charge in [0.25, 0.3) is 11.6 Å². The van der Waals surface area contributed by atoms with Crippen LogP contribution in [0.3, 0.4) is 0 Å². The van der Waals surface area contributed by atoms with Crippen LogP contribution in [0.15, 0.2) is 45.3 Å². The summed E-state index contributed by atoms with van der Waals surface area (Å²) in [5, 5.41) is 10.2. The van der Waals surface area contributed by atoms with Gasteiger partial charge in [0.1, 0.15) is 11.5 Å². The fourth-order valence-electron chi connectivity index (χ4n) is 3.42. The number of rotatable bonds is 5. The molecule has 0 bridgehead atoms. The van der Waals surface area contributed by atoms with Gasteiger partial charge in [0.2, 0.25) is 5.91 Å². The minimum absolute atomic E-state index is 0.102. The lowest BCUT2D eigenvalue weighted by Crippen LogP contribution is -2.14. The highest BCUT2D eigenvalue weighted by molar-refractivity contribution is 6.13. The standard InChI is InChI=1S/C23H22N4O4/c1-5-20(28)24-15-7-6-8-16(10-15)25-22(29)18-11-19(17-9-12(2)30-14(17)4)26-23-21(18)13(3)27-31-23/h6-11H,5H2,1-4H3,(H,24,28)(H,25,29). The van der Waals surface area contributed by atoms with E-state index >= 15 is 0 Å². The summed E-state index contributed by atoms with van der Waals surface area (Å²) >= 11 is 0. The van der Waals surface area contributed by atoms with Crippen LogP contribution in [0.25, 0.3) is 22.4 Å². The molecule has 31 heavy (non-hydrogen) atoms. The van der Waals surface area contributed by atoms with Crippen LogP contribution in [-0.2, 0) is 4.79 Å². The fraction of sp³-hybridized carbons (Fsp3) is 0.217. The molecule has 2 amide bonds. The number of pyridine rings is 1. The van der Waals surface area contributed by atoms with E-state index < -0.39 is 0 Å². The van der Waals surface area contributed by atoms with Crippen molar-refractivity contribution in [3.63, 3.8) is 0 Å². The fourth-order valence-corrected chi connectivity index (χ4v) is 3.42. The zero-order valence-electron chi connectivity index (χ0n) is 17.7. The molecule has 1 aromatic carbocycles. The van der Waals surface area contributed by atoms with E-state index in [1.807, 2.05) is 19.9 Å². The van der Waals surface area contributed by atoms with E-state index in [9.17, 15) is 9.59 Å². The molecular weight excluding hydrogens is 396 g/mol. The summed E-state index contributed by atoms with van der Waals surface area (Å²) in [7, 11) is 0. The van der Waals surface area contributed by atoms with Gasteiger partial charge in [0.15, 0.2) is 0 Å². The van der Waals surface area contributed by atoms with Crippen LogP contribution < -0.4 is 10.6 Å². The molecule has 0 aliphatic heterocycles. The number of carbonyl (C=O) groups is 2. The van der Waals surface area contributed by atoms with Gasteiger partial charge in [0.05, 0.1) is 22.3 Å². The smallest absolute Gasteiger partial charge is 0.259 e. The van der Waals surface area contributed by atoms with Gasteiger partial charge in [-0.2, -0.15) is 0 Å². The second-order valence-electron chi connectivity index (χ2n) is 7.27. The minimum atomic E-state index is -0.336. The molecule has 3 aromatic heterocycles. The van der Waals surface area contributed by atoms with E-state index in [4.69, 9.17) is 8.94 Å². The number of aromatic nitrogens is 2. The lowest BCUT2D eigenvalue weighted by atomic mass is 10.1. The predicted octanol–water partition coefficient (Wildman–Crippen LogP) is 5.01. The van der Waals surface area contributed by atoms with Gasteiger partial charge in [-0.3, -0.25) is 9.59 Å². The number of furan rings is 1. The number of amides is 2. The normalized spacial score (nSPS) is 11.0. The van der Waals surface area contributed by atoms with Crippen molar-refractivity contribution in [2.45, 2.75) is 34.1 Å². The van der Waals surface area contributed by atoms with Crippen molar-refractivity contribution in [3.05, 3.63) is 59.2 Å². The number of anilines is 2. The third-order valence-electron chi connectivity index (χ3n) is 4.90. The maximum absolute atomic E-state index is 13.2. The monoisotopic (exact) mass is 418 g/mol. The first-order valence-electron chi connectivity index (χ1n) is 9.91. The molecule has 0 unspecified atom stereocenters. The van der Waals surface area contributed by atoms with Crippen molar-refractivity contribution in [2.24, 2.45) is 0 Å². The second-order valence-corrected chi connectivity index (χ2v) is 7.27. The average molecular weight is 418 g/mol. The van der Waals surface area contributed by atoms with Crippen LogP contribution in [0, 0.1) is 20.8 Å². The Morgan fingerprint density at radius 1 is 1.03 bits per heavy atom. The molecule has 0 saturated carbocycles. The van der Waals surface area contributed by atoms with Gasteiger partial charge < -0.3 is 19.6 Å².